The summed E-state index contributed by atoms with van der Waals surface area (Å²) in [6.07, 6.45) is 1.89. The Hall–Kier alpha value is -1.57. The molecule has 0 aliphatic carbocycles. The van der Waals surface area contributed by atoms with E-state index in [0.29, 0.717) is 0 Å². The van der Waals surface area contributed by atoms with E-state index in [2.05, 4.69) is 4.98 Å². The summed E-state index contributed by atoms with van der Waals surface area (Å²) in [5.41, 5.74) is 1.14. The van der Waals surface area contributed by atoms with Crippen LogP contribution in [0.3, 0.4) is 0 Å². The van der Waals surface area contributed by atoms with E-state index < -0.39 is 0 Å². The van der Waals surface area contributed by atoms with Gasteiger partial charge in [-0.05, 0) is 6.07 Å². The zero-order valence-electron chi connectivity index (χ0n) is 5.79. The summed E-state index contributed by atoms with van der Waals surface area (Å²) in [5.74, 6) is 1.96. The van der Waals surface area contributed by atoms with Crippen LogP contribution in [-0.4, -0.2) is 0 Å². The first kappa shape index (κ1) is 5.13. The molecule has 3 rings (SSSR count). The van der Waals surface area contributed by atoms with Gasteiger partial charge in [0, 0.05) is 12.1 Å². The number of benzene rings is 1. The number of aromatic amines is 1. The molecule has 52 valence electrons. The third-order valence-corrected chi connectivity index (χ3v) is 1.97. The molecule has 0 unspecified atom stereocenters. The van der Waals surface area contributed by atoms with Crippen molar-refractivity contribution < 1.29 is 9.72 Å². The number of nitrogens with one attached hydrogen (secondary N) is 1. The Morgan fingerprint density at radius 1 is 1.09 bits per heavy atom. The molecule has 0 saturated carbocycles. The van der Waals surface area contributed by atoms with Crippen LogP contribution < -0.4 is 9.72 Å². The number of pyridine rings is 1. The lowest BCUT2D eigenvalue weighted by atomic mass is 10.1. The standard InChI is InChI=1S/C9H5NO/c1-2-6-9-7(3-1)11-8(9)4-5-10-6/h1-5H/p+1. The van der Waals surface area contributed by atoms with Crippen molar-refractivity contribution in [1.82, 2.24) is 0 Å². The molecule has 0 amide bonds. The number of H-pyrrole nitrogens is 1. The Balaban J connectivity index is 2.61. The van der Waals surface area contributed by atoms with Crippen LogP contribution in [0.1, 0.15) is 0 Å². The summed E-state index contributed by atoms with van der Waals surface area (Å²) < 4.78 is 5.36. The van der Waals surface area contributed by atoms with E-state index in [1.54, 1.807) is 0 Å². The van der Waals surface area contributed by atoms with Crippen molar-refractivity contribution in [1.29, 1.82) is 0 Å². The summed E-state index contributed by atoms with van der Waals surface area (Å²) in [6, 6.07) is 7.94. The second kappa shape index (κ2) is 1.53. The molecule has 0 fully saturated rings. The molecule has 0 saturated heterocycles. The first-order valence-corrected chi connectivity index (χ1v) is 3.56. The number of hydrogen-bond donors (Lipinski definition) is 0. The van der Waals surface area contributed by atoms with Gasteiger partial charge in [-0.2, -0.15) is 0 Å². The topological polar surface area (TPSA) is 23.4 Å². The van der Waals surface area contributed by atoms with Crippen LogP contribution in [0.25, 0.3) is 10.9 Å². The van der Waals surface area contributed by atoms with E-state index in [0.717, 1.165) is 17.0 Å². The number of ether oxygens (including phenoxy) is 1. The van der Waals surface area contributed by atoms with Crippen LogP contribution in [-0.2, 0) is 0 Å². The number of rotatable bonds is 0. The van der Waals surface area contributed by atoms with Gasteiger partial charge in [0.15, 0.2) is 11.9 Å². The molecule has 0 atom stereocenters. The fraction of sp³-hybridized carbons (Fsp3) is 0. The average Bonchev–Trinajstić information content (AvgIpc) is 2.01. The van der Waals surface area contributed by atoms with Gasteiger partial charge in [-0.15, -0.1) is 0 Å². The maximum absolute atomic E-state index is 5.36. The van der Waals surface area contributed by atoms with Crippen molar-refractivity contribution in [3.8, 4) is 11.5 Å². The molecule has 1 aliphatic rings. The van der Waals surface area contributed by atoms with Crippen molar-refractivity contribution >= 4 is 10.9 Å². The van der Waals surface area contributed by atoms with Gasteiger partial charge in [-0.25, -0.2) is 4.98 Å². The van der Waals surface area contributed by atoms with E-state index in [1.807, 2.05) is 30.5 Å². The van der Waals surface area contributed by atoms with Crippen molar-refractivity contribution in [3.05, 3.63) is 30.5 Å². The van der Waals surface area contributed by atoms with Gasteiger partial charge in [-0.1, -0.05) is 6.07 Å². The number of aromatic nitrogens is 1. The van der Waals surface area contributed by atoms with E-state index >= 15 is 0 Å². The molecule has 2 aromatic rings. The van der Waals surface area contributed by atoms with Crippen LogP contribution in [0.2, 0.25) is 0 Å². The maximum atomic E-state index is 5.36. The van der Waals surface area contributed by atoms with E-state index in [1.165, 1.54) is 5.39 Å². The largest absolute Gasteiger partial charge is 0.455 e. The van der Waals surface area contributed by atoms with E-state index in [-0.39, 0.29) is 0 Å². The van der Waals surface area contributed by atoms with Crippen LogP contribution >= 0.6 is 0 Å². The fourth-order valence-corrected chi connectivity index (χ4v) is 1.44. The van der Waals surface area contributed by atoms with Gasteiger partial charge in [-0.3, -0.25) is 0 Å². The monoisotopic (exact) mass is 144 g/mol. The van der Waals surface area contributed by atoms with E-state index in [4.69, 9.17) is 4.74 Å². The normalized spacial score (nSPS) is 12.4. The Labute approximate surface area is 63.4 Å². The molecule has 1 aromatic heterocycles. The lowest BCUT2D eigenvalue weighted by Gasteiger charge is -2.16. The smallest absolute Gasteiger partial charge is 0.218 e. The fourth-order valence-electron chi connectivity index (χ4n) is 1.44. The minimum absolute atomic E-state index is 0.981. The zero-order chi connectivity index (χ0) is 7.26. The highest BCUT2D eigenvalue weighted by atomic mass is 16.5. The Bertz CT molecular complexity index is 400. The van der Waals surface area contributed by atoms with Crippen molar-refractivity contribution in [2.75, 3.05) is 0 Å². The molecule has 2 heteroatoms. The molecule has 1 N–H and O–H groups in total. The molecular formula is C9H6NO+. The minimum atomic E-state index is 0.981. The van der Waals surface area contributed by atoms with Crippen LogP contribution in [0.5, 0.6) is 11.5 Å². The molecule has 2 heterocycles. The summed E-state index contributed by atoms with van der Waals surface area (Å²) in [7, 11) is 0. The molecular weight excluding hydrogens is 138 g/mol. The first-order valence-electron chi connectivity index (χ1n) is 3.56. The third-order valence-electron chi connectivity index (χ3n) is 1.97. The minimum Gasteiger partial charge on any atom is -0.455 e. The molecule has 0 spiro atoms. The van der Waals surface area contributed by atoms with Gasteiger partial charge >= 0.3 is 0 Å². The highest BCUT2D eigenvalue weighted by Gasteiger charge is 2.21. The Morgan fingerprint density at radius 3 is 2.91 bits per heavy atom. The van der Waals surface area contributed by atoms with Gasteiger partial charge < -0.3 is 4.74 Å². The molecule has 0 radical (unpaired) electrons. The predicted molar refractivity (Wildman–Crippen MR) is 40.6 cm³/mol. The average molecular weight is 144 g/mol. The van der Waals surface area contributed by atoms with Crippen molar-refractivity contribution in [2.45, 2.75) is 0 Å². The summed E-state index contributed by atoms with van der Waals surface area (Å²) >= 11 is 0. The Kier molecular flexibility index (Phi) is 0.714. The summed E-state index contributed by atoms with van der Waals surface area (Å²) in [5, 5.41) is 1.22. The molecule has 0 bridgehead atoms. The van der Waals surface area contributed by atoms with Gasteiger partial charge in [0.2, 0.25) is 5.52 Å². The molecule has 1 aliphatic heterocycles. The SMILES string of the molecule is c1cc2c3c(cc[nH+]c3c1)O2. The second-order valence-corrected chi connectivity index (χ2v) is 2.62. The van der Waals surface area contributed by atoms with Crippen molar-refractivity contribution in [3.63, 3.8) is 0 Å². The van der Waals surface area contributed by atoms with E-state index in [9.17, 15) is 0 Å². The lowest BCUT2D eigenvalue weighted by Crippen LogP contribution is -2.07. The first-order chi connectivity index (χ1) is 5.45. The zero-order valence-corrected chi connectivity index (χ0v) is 5.79. The van der Waals surface area contributed by atoms with Crippen LogP contribution in [0.15, 0.2) is 30.5 Å². The van der Waals surface area contributed by atoms with Gasteiger partial charge in [0.1, 0.15) is 11.1 Å². The van der Waals surface area contributed by atoms with Crippen LogP contribution in [0.4, 0.5) is 0 Å². The molecule has 1 aromatic carbocycles. The summed E-state index contributed by atoms with van der Waals surface area (Å²) in [4.78, 5) is 3.15. The highest BCUT2D eigenvalue weighted by Crippen LogP contribution is 2.43. The van der Waals surface area contributed by atoms with Gasteiger partial charge in [0.05, 0.1) is 0 Å². The second-order valence-electron chi connectivity index (χ2n) is 2.62. The number of hydrogen-bond acceptors (Lipinski definition) is 1. The van der Waals surface area contributed by atoms with Crippen LogP contribution in [0, 0.1) is 0 Å². The quantitative estimate of drug-likeness (QED) is 0.471. The molecule has 11 heavy (non-hydrogen) atoms. The maximum Gasteiger partial charge on any atom is 0.218 e. The molecule has 2 nitrogen and oxygen atoms in total. The Morgan fingerprint density at radius 2 is 2.00 bits per heavy atom. The summed E-state index contributed by atoms with van der Waals surface area (Å²) in [6.45, 7) is 0. The third kappa shape index (κ3) is 0.499. The van der Waals surface area contributed by atoms with Crippen molar-refractivity contribution in [2.24, 2.45) is 0 Å². The lowest BCUT2D eigenvalue weighted by molar-refractivity contribution is -0.345. The highest BCUT2D eigenvalue weighted by molar-refractivity contribution is 5.93. The predicted octanol–water partition coefficient (Wildman–Crippen LogP) is 1.76. The van der Waals surface area contributed by atoms with Gasteiger partial charge in [0.25, 0.3) is 0 Å².